The van der Waals surface area contributed by atoms with Crippen molar-refractivity contribution < 1.29 is 19.1 Å². The molecule has 5 nitrogen and oxygen atoms in total. The van der Waals surface area contributed by atoms with Crippen molar-refractivity contribution in [1.82, 2.24) is 4.90 Å². The predicted octanol–water partition coefficient (Wildman–Crippen LogP) is 3.61. The number of carbonyl (C=O) groups excluding carboxylic acids is 1. The van der Waals surface area contributed by atoms with Crippen LogP contribution in [0.25, 0.3) is 0 Å². The number of hydrogen-bond acceptors (Lipinski definition) is 2. The van der Waals surface area contributed by atoms with E-state index in [1.54, 1.807) is 27.7 Å². The van der Waals surface area contributed by atoms with Crippen LogP contribution in [0.5, 0.6) is 0 Å². The second kappa shape index (κ2) is 6.43. The van der Waals surface area contributed by atoms with Crippen LogP contribution in [0.1, 0.15) is 26.3 Å². The molecule has 1 rings (SSSR count). The lowest BCUT2D eigenvalue weighted by Crippen LogP contribution is -2.50. The number of benzene rings is 1. The average Bonchev–Trinajstić information content (AvgIpc) is 2.31. The molecule has 7 heteroatoms. The zero-order chi connectivity index (χ0) is 16.4. The molecular weight excluding hydrogens is 343 g/mol. The number of amides is 2. The van der Waals surface area contributed by atoms with Gasteiger partial charge in [0.2, 0.25) is 0 Å². The van der Waals surface area contributed by atoms with Crippen LogP contribution < -0.4 is 5.32 Å². The highest BCUT2D eigenvalue weighted by Gasteiger charge is 2.28. The summed E-state index contributed by atoms with van der Waals surface area (Å²) >= 11 is 3.05. The van der Waals surface area contributed by atoms with E-state index in [-0.39, 0.29) is 4.47 Å². The normalized spacial score (nSPS) is 11.1. The third-order valence-corrected chi connectivity index (χ3v) is 3.46. The first-order valence-corrected chi connectivity index (χ1v) is 7.07. The Kier molecular flexibility index (Phi) is 5.33. The van der Waals surface area contributed by atoms with Gasteiger partial charge in [0.05, 0.1) is 4.47 Å². The molecule has 0 aliphatic heterocycles. The molecular formula is C14H18BrFN2O3. The van der Waals surface area contributed by atoms with E-state index in [1.807, 2.05) is 0 Å². The molecule has 0 heterocycles. The van der Waals surface area contributed by atoms with Gasteiger partial charge in [-0.3, -0.25) is 4.79 Å². The first-order valence-electron chi connectivity index (χ1n) is 6.28. The van der Waals surface area contributed by atoms with Gasteiger partial charge in [-0.05, 0) is 61.3 Å². The zero-order valence-corrected chi connectivity index (χ0v) is 13.9. The highest BCUT2D eigenvalue weighted by atomic mass is 79.9. The predicted molar refractivity (Wildman–Crippen MR) is 82.0 cm³/mol. The van der Waals surface area contributed by atoms with Crippen LogP contribution in [0.2, 0.25) is 0 Å². The molecule has 0 saturated carbocycles. The van der Waals surface area contributed by atoms with Crippen LogP contribution in [-0.4, -0.2) is 34.1 Å². The van der Waals surface area contributed by atoms with Gasteiger partial charge in [-0.25, -0.2) is 9.18 Å². The maximum atomic E-state index is 13.4. The molecule has 21 heavy (non-hydrogen) atoms. The van der Waals surface area contributed by atoms with Crippen molar-refractivity contribution in [3.05, 3.63) is 28.0 Å². The fraction of sp³-hybridized carbons (Fsp3) is 0.429. The number of nitrogens with zero attached hydrogens (tertiary/aromatic N) is 1. The summed E-state index contributed by atoms with van der Waals surface area (Å²) in [5.41, 5.74) is 0.314. The second-order valence-electron chi connectivity index (χ2n) is 5.66. The van der Waals surface area contributed by atoms with Crippen molar-refractivity contribution in [2.24, 2.45) is 0 Å². The SMILES string of the molecule is Cc1cc(F)c(Br)cc1NC(=O)N(CC(=O)O)C(C)(C)C. The van der Waals surface area contributed by atoms with Gasteiger partial charge in [0.1, 0.15) is 12.4 Å². The lowest BCUT2D eigenvalue weighted by Gasteiger charge is -2.34. The molecule has 2 amide bonds. The summed E-state index contributed by atoms with van der Waals surface area (Å²) in [5.74, 6) is -1.53. The topological polar surface area (TPSA) is 69.6 Å². The van der Waals surface area contributed by atoms with E-state index in [2.05, 4.69) is 21.2 Å². The van der Waals surface area contributed by atoms with E-state index in [4.69, 9.17) is 5.11 Å². The maximum absolute atomic E-state index is 13.4. The molecule has 0 bridgehead atoms. The minimum atomic E-state index is -1.10. The third kappa shape index (κ3) is 4.70. The number of carboxylic acid groups (broad SMARTS) is 1. The summed E-state index contributed by atoms with van der Waals surface area (Å²) in [4.78, 5) is 24.4. The zero-order valence-electron chi connectivity index (χ0n) is 12.3. The van der Waals surface area contributed by atoms with E-state index in [9.17, 15) is 14.0 Å². The van der Waals surface area contributed by atoms with E-state index in [0.29, 0.717) is 11.3 Å². The first kappa shape index (κ1) is 17.4. The molecule has 0 spiro atoms. The third-order valence-electron chi connectivity index (χ3n) is 2.86. The number of urea groups is 1. The average molecular weight is 361 g/mol. The molecule has 116 valence electrons. The monoisotopic (exact) mass is 360 g/mol. The van der Waals surface area contributed by atoms with Gasteiger partial charge in [0.25, 0.3) is 0 Å². The molecule has 2 N–H and O–H groups in total. The Bertz CT molecular complexity index is 570. The van der Waals surface area contributed by atoms with Crippen molar-refractivity contribution in [1.29, 1.82) is 0 Å². The molecule has 0 aromatic heterocycles. The molecule has 0 unspecified atom stereocenters. The quantitative estimate of drug-likeness (QED) is 0.864. The Hall–Kier alpha value is -1.63. The van der Waals surface area contributed by atoms with E-state index in [0.717, 1.165) is 0 Å². The highest BCUT2D eigenvalue weighted by molar-refractivity contribution is 9.10. The summed E-state index contributed by atoms with van der Waals surface area (Å²) in [5, 5.41) is 11.5. The van der Waals surface area contributed by atoms with Crippen LogP contribution in [-0.2, 0) is 4.79 Å². The lowest BCUT2D eigenvalue weighted by atomic mass is 10.1. The minimum absolute atomic E-state index is 0.226. The molecule has 0 fully saturated rings. The number of halogens is 2. The van der Waals surface area contributed by atoms with Gasteiger partial charge in [-0.2, -0.15) is 0 Å². The van der Waals surface area contributed by atoms with Crippen LogP contribution in [0.4, 0.5) is 14.9 Å². The molecule has 1 aromatic rings. The molecule has 0 radical (unpaired) electrons. The van der Waals surface area contributed by atoms with Gasteiger partial charge in [0, 0.05) is 11.2 Å². The summed E-state index contributed by atoms with van der Waals surface area (Å²) in [6.07, 6.45) is 0. The molecule has 0 aliphatic rings. The van der Waals surface area contributed by atoms with Crippen molar-refractivity contribution in [2.45, 2.75) is 33.2 Å². The highest BCUT2D eigenvalue weighted by Crippen LogP contribution is 2.25. The Morgan fingerprint density at radius 1 is 1.38 bits per heavy atom. The van der Waals surface area contributed by atoms with Crippen LogP contribution in [0.3, 0.4) is 0 Å². The van der Waals surface area contributed by atoms with Gasteiger partial charge < -0.3 is 15.3 Å². The number of nitrogens with one attached hydrogen (secondary N) is 1. The van der Waals surface area contributed by atoms with E-state index < -0.39 is 29.9 Å². The lowest BCUT2D eigenvalue weighted by molar-refractivity contribution is -0.138. The van der Waals surface area contributed by atoms with Crippen LogP contribution in [0.15, 0.2) is 16.6 Å². The Balaban J connectivity index is 3.02. The van der Waals surface area contributed by atoms with Gasteiger partial charge in [-0.15, -0.1) is 0 Å². The van der Waals surface area contributed by atoms with E-state index in [1.165, 1.54) is 17.0 Å². The first-order chi connectivity index (χ1) is 9.52. The summed E-state index contributed by atoms with van der Waals surface area (Å²) in [7, 11) is 0. The maximum Gasteiger partial charge on any atom is 0.323 e. The van der Waals surface area contributed by atoms with Crippen molar-refractivity contribution in [2.75, 3.05) is 11.9 Å². The van der Waals surface area contributed by atoms with Gasteiger partial charge in [0.15, 0.2) is 0 Å². The van der Waals surface area contributed by atoms with Gasteiger partial charge in [-0.1, -0.05) is 0 Å². The van der Waals surface area contributed by atoms with Crippen LogP contribution in [0, 0.1) is 12.7 Å². The molecule has 0 aliphatic carbocycles. The summed E-state index contributed by atoms with van der Waals surface area (Å²) in [6, 6.07) is 2.19. The minimum Gasteiger partial charge on any atom is -0.480 e. The number of rotatable bonds is 3. The second-order valence-corrected chi connectivity index (χ2v) is 6.52. The Labute approximate surface area is 131 Å². The smallest absolute Gasteiger partial charge is 0.323 e. The number of anilines is 1. The number of aryl methyl sites for hydroxylation is 1. The largest absolute Gasteiger partial charge is 0.480 e. The number of carboxylic acids is 1. The number of carbonyl (C=O) groups is 2. The van der Waals surface area contributed by atoms with Crippen molar-refractivity contribution in [3.63, 3.8) is 0 Å². The van der Waals surface area contributed by atoms with Gasteiger partial charge >= 0.3 is 12.0 Å². The van der Waals surface area contributed by atoms with E-state index >= 15 is 0 Å². The summed E-state index contributed by atoms with van der Waals surface area (Å²) in [6.45, 7) is 6.45. The standard InChI is InChI=1S/C14H18BrFN2O3/c1-8-5-10(16)9(15)6-11(8)17-13(21)18(7-12(19)20)14(2,3)4/h5-6H,7H2,1-4H3,(H,17,21)(H,19,20). The Morgan fingerprint density at radius 3 is 2.43 bits per heavy atom. The van der Waals surface area contributed by atoms with Crippen molar-refractivity contribution in [3.8, 4) is 0 Å². The Morgan fingerprint density at radius 2 is 1.95 bits per heavy atom. The number of hydrogen-bond donors (Lipinski definition) is 2. The molecule has 1 aromatic carbocycles. The molecule has 0 atom stereocenters. The van der Waals surface area contributed by atoms with Crippen LogP contribution >= 0.6 is 15.9 Å². The fourth-order valence-corrected chi connectivity index (χ4v) is 2.06. The van der Waals surface area contributed by atoms with Crippen molar-refractivity contribution >= 4 is 33.6 Å². The number of aliphatic carboxylic acids is 1. The summed E-state index contributed by atoms with van der Waals surface area (Å²) < 4.78 is 13.6. The fourth-order valence-electron chi connectivity index (χ4n) is 1.71. The molecule has 0 saturated heterocycles.